The van der Waals surface area contributed by atoms with Gasteiger partial charge in [-0.15, -0.1) is 0 Å². The number of aromatic nitrogens is 2. The van der Waals surface area contributed by atoms with Crippen LogP contribution in [0.4, 0.5) is 0 Å². The average molecular weight is 307 g/mol. The zero-order chi connectivity index (χ0) is 15.8. The van der Waals surface area contributed by atoms with Crippen LogP contribution in [-0.2, 0) is 13.0 Å². The molecule has 0 aliphatic carbocycles. The molecular formula is C18H17N3O2. The van der Waals surface area contributed by atoms with Gasteiger partial charge >= 0.3 is 0 Å². The SMILES string of the molecule is Cc1noc2c1CCN(C(=O)c1ccc(-n3cccc3)cc1)C2. The maximum Gasteiger partial charge on any atom is 0.254 e. The lowest BCUT2D eigenvalue weighted by Crippen LogP contribution is -2.35. The first-order valence-corrected chi connectivity index (χ1v) is 7.69. The summed E-state index contributed by atoms with van der Waals surface area (Å²) in [6.07, 6.45) is 4.77. The lowest BCUT2D eigenvalue weighted by atomic mass is 10.0. The second kappa shape index (κ2) is 5.43. The quantitative estimate of drug-likeness (QED) is 0.731. The molecule has 5 nitrogen and oxygen atoms in total. The van der Waals surface area contributed by atoms with E-state index >= 15 is 0 Å². The van der Waals surface area contributed by atoms with Gasteiger partial charge < -0.3 is 14.0 Å². The van der Waals surface area contributed by atoms with Crippen molar-refractivity contribution < 1.29 is 9.32 Å². The van der Waals surface area contributed by atoms with E-state index < -0.39 is 0 Å². The van der Waals surface area contributed by atoms with Crippen LogP contribution in [0, 0.1) is 6.92 Å². The minimum Gasteiger partial charge on any atom is -0.359 e. The summed E-state index contributed by atoms with van der Waals surface area (Å²) >= 11 is 0. The van der Waals surface area contributed by atoms with Crippen LogP contribution in [0.25, 0.3) is 5.69 Å². The third-order valence-electron chi connectivity index (χ3n) is 4.34. The topological polar surface area (TPSA) is 51.3 Å². The molecule has 0 spiro atoms. The van der Waals surface area contributed by atoms with Crippen LogP contribution in [0.5, 0.6) is 0 Å². The summed E-state index contributed by atoms with van der Waals surface area (Å²) in [5, 5.41) is 3.99. The number of nitrogens with zero attached hydrogens (tertiary/aromatic N) is 3. The molecule has 0 atom stereocenters. The molecule has 2 aromatic heterocycles. The summed E-state index contributed by atoms with van der Waals surface area (Å²) in [6.45, 7) is 3.14. The third kappa shape index (κ3) is 2.44. The van der Waals surface area contributed by atoms with Gasteiger partial charge in [0.1, 0.15) is 0 Å². The summed E-state index contributed by atoms with van der Waals surface area (Å²) in [4.78, 5) is 14.5. The molecule has 1 aliphatic heterocycles. The number of fused-ring (bicyclic) bond motifs is 1. The molecule has 1 aliphatic rings. The van der Waals surface area contributed by atoms with Gasteiger partial charge in [0.15, 0.2) is 5.76 Å². The van der Waals surface area contributed by atoms with Crippen LogP contribution in [0.2, 0.25) is 0 Å². The molecule has 116 valence electrons. The predicted octanol–water partition coefficient (Wildman–Crippen LogP) is 2.97. The Bertz CT molecular complexity index is 832. The summed E-state index contributed by atoms with van der Waals surface area (Å²) < 4.78 is 7.34. The van der Waals surface area contributed by atoms with E-state index in [2.05, 4.69) is 5.16 Å². The molecule has 0 saturated heterocycles. The largest absolute Gasteiger partial charge is 0.359 e. The number of hydrogen-bond donors (Lipinski definition) is 0. The number of aryl methyl sites for hydroxylation is 1. The first kappa shape index (κ1) is 13.8. The number of hydrogen-bond acceptors (Lipinski definition) is 3. The maximum absolute atomic E-state index is 12.7. The number of amides is 1. The summed E-state index contributed by atoms with van der Waals surface area (Å²) in [7, 11) is 0. The number of benzene rings is 1. The summed E-state index contributed by atoms with van der Waals surface area (Å²) in [6, 6.07) is 11.6. The molecule has 1 aromatic carbocycles. The van der Waals surface area contributed by atoms with Gasteiger partial charge in [0.2, 0.25) is 0 Å². The zero-order valence-electron chi connectivity index (χ0n) is 12.9. The number of rotatable bonds is 2. The van der Waals surface area contributed by atoms with Crippen LogP contribution in [0.15, 0.2) is 53.3 Å². The number of carbonyl (C=O) groups excluding carboxylic acids is 1. The van der Waals surface area contributed by atoms with E-state index in [1.807, 2.05) is 65.2 Å². The molecule has 3 heterocycles. The first-order valence-electron chi connectivity index (χ1n) is 7.69. The average Bonchev–Trinajstić information content (AvgIpc) is 3.24. The maximum atomic E-state index is 12.7. The molecule has 0 saturated carbocycles. The van der Waals surface area contributed by atoms with Gasteiger partial charge in [-0.05, 0) is 49.7 Å². The van der Waals surface area contributed by atoms with Gasteiger partial charge in [-0.2, -0.15) is 0 Å². The van der Waals surface area contributed by atoms with Crippen molar-refractivity contribution in [2.45, 2.75) is 19.9 Å². The van der Waals surface area contributed by atoms with Crippen molar-refractivity contribution in [3.63, 3.8) is 0 Å². The summed E-state index contributed by atoms with van der Waals surface area (Å²) in [5.41, 5.74) is 3.82. The van der Waals surface area contributed by atoms with E-state index in [1.54, 1.807) is 0 Å². The molecule has 0 radical (unpaired) electrons. The molecule has 4 rings (SSSR count). The molecule has 0 bridgehead atoms. The Labute approximate surface area is 134 Å². The fourth-order valence-corrected chi connectivity index (χ4v) is 3.02. The Morgan fingerprint density at radius 1 is 1.17 bits per heavy atom. The van der Waals surface area contributed by atoms with E-state index in [9.17, 15) is 4.79 Å². The van der Waals surface area contributed by atoms with Crippen molar-refractivity contribution in [2.24, 2.45) is 0 Å². The van der Waals surface area contributed by atoms with E-state index in [0.29, 0.717) is 18.7 Å². The van der Waals surface area contributed by atoms with Gasteiger partial charge in [0.05, 0.1) is 12.2 Å². The van der Waals surface area contributed by atoms with Gasteiger partial charge in [-0.3, -0.25) is 4.79 Å². The Kier molecular flexibility index (Phi) is 3.26. The third-order valence-corrected chi connectivity index (χ3v) is 4.34. The highest BCUT2D eigenvalue weighted by atomic mass is 16.5. The van der Waals surface area contributed by atoms with E-state index in [4.69, 9.17) is 4.52 Å². The van der Waals surface area contributed by atoms with Gasteiger partial charge in [0, 0.05) is 35.8 Å². The van der Waals surface area contributed by atoms with Crippen molar-refractivity contribution in [1.29, 1.82) is 0 Å². The van der Waals surface area contributed by atoms with E-state index in [-0.39, 0.29) is 5.91 Å². The zero-order valence-corrected chi connectivity index (χ0v) is 12.9. The van der Waals surface area contributed by atoms with Gasteiger partial charge in [-0.1, -0.05) is 5.16 Å². The van der Waals surface area contributed by atoms with Crippen molar-refractivity contribution in [3.8, 4) is 5.69 Å². The molecule has 5 heteroatoms. The Hall–Kier alpha value is -2.82. The Morgan fingerprint density at radius 3 is 2.65 bits per heavy atom. The Balaban J connectivity index is 1.53. The second-order valence-corrected chi connectivity index (χ2v) is 5.78. The normalized spacial score (nSPS) is 13.9. The molecule has 0 N–H and O–H groups in total. The highest BCUT2D eigenvalue weighted by molar-refractivity contribution is 5.94. The van der Waals surface area contributed by atoms with Crippen molar-refractivity contribution in [2.75, 3.05) is 6.54 Å². The van der Waals surface area contributed by atoms with Gasteiger partial charge in [-0.25, -0.2) is 0 Å². The molecule has 1 amide bonds. The molecule has 0 unspecified atom stereocenters. The van der Waals surface area contributed by atoms with Gasteiger partial charge in [0.25, 0.3) is 5.91 Å². The second-order valence-electron chi connectivity index (χ2n) is 5.78. The highest BCUT2D eigenvalue weighted by Crippen LogP contribution is 2.23. The van der Waals surface area contributed by atoms with Crippen molar-refractivity contribution in [1.82, 2.24) is 14.6 Å². The van der Waals surface area contributed by atoms with Crippen LogP contribution in [0.3, 0.4) is 0 Å². The smallest absolute Gasteiger partial charge is 0.254 e. The lowest BCUT2D eigenvalue weighted by molar-refractivity contribution is 0.0716. The monoisotopic (exact) mass is 307 g/mol. The van der Waals surface area contributed by atoms with E-state index in [1.165, 1.54) is 0 Å². The molecular weight excluding hydrogens is 290 g/mol. The summed E-state index contributed by atoms with van der Waals surface area (Å²) in [5.74, 6) is 0.842. The molecule has 23 heavy (non-hydrogen) atoms. The first-order chi connectivity index (χ1) is 11.2. The minimum atomic E-state index is 0.0313. The van der Waals surface area contributed by atoms with Crippen LogP contribution < -0.4 is 0 Å². The highest BCUT2D eigenvalue weighted by Gasteiger charge is 2.26. The molecule has 3 aromatic rings. The Morgan fingerprint density at radius 2 is 1.91 bits per heavy atom. The lowest BCUT2D eigenvalue weighted by Gasteiger charge is -2.25. The molecule has 0 fully saturated rings. The predicted molar refractivity (Wildman–Crippen MR) is 85.5 cm³/mol. The fourth-order valence-electron chi connectivity index (χ4n) is 3.02. The van der Waals surface area contributed by atoms with Crippen LogP contribution in [0.1, 0.15) is 27.4 Å². The standard InChI is InChI=1S/C18H17N3O2/c1-13-16-8-11-21(12-17(16)23-19-13)18(22)14-4-6-15(7-5-14)20-9-2-3-10-20/h2-7,9-10H,8,11-12H2,1H3. The number of carbonyl (C=O) groups is 1. The minimum absolute atomic E-state index is 0.0313. The fraction of sp³-hybridized carbons (Fsp3) is 0.222. The van der Waals surface area contributed by atoms with Crippen molar-refractivity contribution in [3.05, 3.63) is 71.4 Å². The van der Waals surface area contributed by atoms with Crippen LogP contribution >= 0.6 is 0 Å². The van der Waals surface area contributed by atoms with E-state index in [0.717, 1.165) is 29.1 Å². The van der Waals surface area contributed by atoms with Crippen LogP contribution in [-0.4, -0.2) is 27.1 Å². The van der Waals surface area contributed by atoms with Crippen molar-refractivity contribution >= 4 is 5.91 Å².